The highest BCUT2D eigenvalue weighted by Gasteiger charge is 2.25. The molecule has 134 valence electrons. The van der Waals surface area contributed by atoms with Crippen LogP contribution in [-0.4, -0.2) is 48.0 Å². The van der Waals surface area contributed by atoms with E-state index in [2.05, 4.69) is 10.1 Å². The summed E-state index contributed by atoms with van der Waals surface area (Å²) in [7, 11) is 3.73. The summed E-state index contributed by atoms with van der Waals surface area (Å²) in [5.74, 6) is 0.674. The highest BCUT2D eigenvalue weighted by atomic mass is 16.5. The van der Waals surface area contributed by atoms with E-state index in [1.54, 1.807) is 29.0 Å². The van der Waals surface area contributed by atoms with Crippen molar-refractivity contribution in [2.75, 3.05) is 20.7 Å². The van der Waals surface area contributed by atoms with Crippen molar-refractivity contribution in [3.8, 4) is 5.82 Å². The van der Waals surface area contributed by atoms with Crippen molar-refractivity contribution in [3.63, 3.8) is 0 Å². The lowest BCUT2D eigenvalue weighted by Gasteiger charge is -2.03. The Morgan fingerprint density at radius 2 is 2.15 bits per heavy atom. The average Bonchev–Trinajstić information content (AvgIpc) is 3.04. The first-order valence-electron chi connectivity index (χ1n) is 8.39. The van der Waals surface area contributed by atoms with Crippen LogP contribution in [0, 0.1) is 6.92 Å². The number of aliphatic imine (C=N–C) groups is 1. The quantitative estimate of drug-likeness (QED) is 0.331. The minimum Gasteiger partial charge on any atom is -0.462 e. The number of rotatable bonds is 5. The summed E-state index contributed by atoms with van der Waals surface area (Å²) in [6.45, 7) is 4.11. The monoisotopic (exact) mass is 352 g/mol. The third kappa shape index (κ3) is 3.42. The highest BCUT2D eigenvalue weighted by Crippen LogP contribution is 2.20. The smallest absolute Gasteiger partial charge is 0.346 e. The molecule has 0 fully saturated rings. The number of H-pyrrole nitrogens is 1. The van der Waals surface area contributed by atoms with Crippen molar-refractivity contribution in [2.45, 2.75) is 13.8 Å². The van der Waals surface area contributed by atoms with E-state index in [1.807, 2.05) is 51.4 Å². The van der Waals surface area contributed by atoms with Crippen LogP contribution in [0.25, 0.3) is 16.7 Å². The van der Waals surface area contributed by atoms with E-state index in [-0.39, 0.29) is 0 Å². The molecule has 1 aromatic carbocycles. The lowest BCUT2D eigenvalue weighted by Crippen LogP contribution is -2.34. The Labute approximate surface area is 151 Å². The lowest BCUT2D eigenvalue weighted by molar-refractivity contribution is -0.645. The van der Waals surface area contributed by atoms with Gasteiger partial charge in [-0.05, 0) is 25.5 Å². The van der Waals surface area contributed by atoms with Gasteiger partial charge < -0.3 is 9.64 Å². The largest absolute Gasteiger partial charge is 0.462 e. The van der Waals surface area contributed by atoms with Crippen molar-refractivity contribution in [2.24, 2.45) is 4.99 Å². The normalized spacial score (nSPS) is 11.2. The number of pyridine rings is 1. The Balaban J connectivity index is 2.17. The molecule has 0 aliphatic rings. The second kappa shape index (κ2) is 7.35. The van der Waals surface area contributed by atoms with Crippen molar-refractivity contribution in [3.05, 3.63) is 47.7 Å². The van der Waals surface area contributed by atoms with E-state index in [0.29, 0.717) is 23.8 Å². The minimum absolute atomic E-state index is 0.300. The molecule has 0 aliphatic carbocycles. The van der Waals surface area contributed by atoms with Crippen molar-refractivity contribution in [1.29, 1.82) is 0 Å². The summed E-state index contributed by atoms with van der Waals surface area (Å²) in [5.41, 5.74) is 2.33. The SMILES string of the molecule is CCOC(=O)c1c[nH][n+](-c2cc(C)c3ccccc3n2)c1N=CN(C)C. The molecule has 26 heavy (non-hydrogen) atoms. The van der Waals surface area contributed by atoms with Gasteiger partial charge in [0.05, 0.1) is 12.8 Å². The fourth-order valence-electron chi connectivity index (χ4n) is 2.65. The van der Waals surface area contributed by atoms with Crippen LogP contribution in [0.4, 0.5) is 5.82 Å². The lowest BCUT2D eigenvalue weighted by atomic mass is 10.1. The van der Waals surface area contributed by atoms with E-state index in [1.165, 1.54) is 0 Å². The molecule has 2 aromatic heterocycles. The zero-order chi connectivity index (χ0) is 18.7. The van der Waals surface area contributed by atoms with Gasteiger partial charge in [-0.25, -0.2) is 9.89 Å². The standard InChI is InChI=1S/C19H21N5O2/c1-5-26-19(25)15-11-21-24(18(15)20-12-23(3)4)17-10-13(2)14-8-6-7-9-16(14)22-17/h6-12H,5H2,1-4H3/p+1. The van der Waals surface area contributed by atoms with Gasteiger partial charge in [0, 0.05) is 25.5 Å². The van der Waals surface area contributed by atoms with E-state index >= 15 is 0 Å². The maximum atomic E-state index is 12.3. The zero-order valence-electron chi connectivity index (χ0n) is 15.4. The molecule has 0 amide bonds. The van der Waals surface area contributed by atoms with Crippen molar-refractivity contribution < 1.29 is 14.2 Å². The average molecular weight is 352 g/mol. The minimum atomic E-state index is -0.425. The maximum Gasteiger partial charge on any atom is 0.346 e. The number of ether oxygens (including phenoxy) is 1. The van der Waals surface area contributed by atoms with Crippen LogP contribution in [0.15, 0.2) is 41.5 Å². The summed E-state index contributed by atoms with van der Waals surface area (Å²) in [5, 5.41) is 4.16. The van der Waals surface area contributed by atoms with Gasteiger partial charge in [0.1, 0.15) is 5.52 Å². The Morgan fingerprint density at radius 3 is 2.88 bits per heavy atom. The number of hydrogen-bond acceptors (Lipinski definition) is 4. The number of carbonyl (C=O) groups excluding carboxylic acids is 1. The Kier molecular flexibility index (Phi) is 4.97. The summed E-state index contributed by atoms with van der Waals surface area (Å²) >= 11 is 0. The molecule has 0 saturated heterocycles. The molecule has 3 rings (SSSR count). The molecule has 3 aromatic rings. The number of benzene rings is 1. The molecular formula is C19H22N5O2+. The van der Waals surface area contributed by atoms with Crippen LogP contribution in [0.5, 0.6) is 0 Å². The summed E-state index contributed by atoms with van der Waals surface area (Å²) < 4.78 is 6.82. The van der Waals surface area contributed by atoms with Gasteiger partial charge in [-0.15, -0.1) is 9.67 Å². The molecule has 2 heterocycles. The number of nitrogens with zero attached hydrogens (tertiary/aromatic N) is 4. The number of aromatic amines is 1. The van der Waals surface area contributed by atoms with Crippen LogP contribution in [0.3, 0.4) is 0 Å². The molecule has 7 nitrogen and oxygen atoms in total. The second-order valence-electron chi connectivity index (χ2n) is 6.09. The molecule has 0 bridgehead atoms. The summed E-state index contributed by atoms with van der Waals surface area (Å²) in [6, 6.07) is 9.90. The number of nitrogens with one attached hydrogen (secondary N) is 1. The number of para-hydroxylation sites is 1. The van der Waals surface area contributed by atoms with Gasteiger partial charge in [0.2, 0.25) is 0 Å². The van der Waals surface area contributed by atoms with Gasteiger partial charge in [0.15, 0.2) is 11.9 Å². The molecule has 1 N–H and O–H groups in total. The number of aryl methyl sites for hydroxylation is 1. The second-order valence-corrected chi connectivity index (χ2v) is 6.09. The van der Waals surface area contributed by atoms with E-state index in [0.717, 1.165) is 16.5 Å². The van der Waals surface area contributed by atoms with Gasteiger partial charge in [-0.1, -0.05) is 23.2 Å². The van der Waals surface area contributed by atoms with Gasteiger partial charge in [0.25, 0.3) is 5.82 Å². The van der Waals surface area contributed by atoms with Crippen molar-refractivity contribution >= 4 is 29.0 Å². The van der Waals surface area contributed by atoms with Crippen LogP contribution >= 0.6 is 0 Å². The van der Waals surface area contributed by atoms with Gasteiger partial charge in [-0.2, -0.15) is 0 Å². The first kappa shape index (κ1) is 17.6. The number of hydrogen-bond donors (Lipinski definition) is 1. The van der Waals surface area contributed by atoms with Crippen molar-refractivity contribution in [1.82, 2.24) is 15.0 Å². The predicted molar refractivity (Wildman–Crippen MR) is 100 cm³/mol. The molecule has 0 spiro atoms. The zero-order valence-corrected chi connectivity index (χ0v) is 15.4. The van der Waals surface area contributed by atoms with Gasteiger partial charge >= 0.3 is 11.8 Å². The van der Waals surface area contributed by atoms with Crippen LogP contribution in [0.2, 0.25) is 0 Å². The molecule has 0 radical (unpaired) electrons. The number of aromatic nitrogens is 3. The fraction of sp³-hybridized carbons (Fsp3) is 0.263. The Morgan fingerprint density at radius 1 is 1.38 bits per heavy atom. The third-order valence-corrected chi connectivity index (χ3v) is 3.84. The van der Waals surface area contributed by atoms with E-state index < -0.39 is 5.97 Å². The van der Waals surface area contributed by atoms with E-state index in [4.69, 9.17) is 9.72 Å². The topological polar surface area (TPSA) is 74.5 Å². The number of fused-ring (bicyclic) bond motifs is 1. The summed E-state index contributed by atoms with van der Waals surface area (Å²) in [4.78, 5) is 23.2. The molecular weight excluding hydrogens is 330 g/mol. The first-order valence-corrected chi connectivity index (χ1v) is 8.39. The molecule has 0 aliphatic heterocycles. The van der Waals surface area contributed by atoms with Crippen LogP contribution < -0.4 is 4.68 Å². The summed E-state index contributed by atoms with van der Waals surface area (Å²) in [6.07, 6.45) is 3.23. The van der Waals surface area contributed by atoms with E-state index in [9.17, 15) is 4.79 Å². The first-order chi connectivity index (χ1) is 12.5. The maximum absolute atomic E-state index is 12.3. The number of carbonyl (C=O) groups is 1. The molecule has 0 unspecified atom stereocenters. The van der Waals surface area contributed by atoms with Crippen LogP contribution in [-0.2, 0) is 4.74 Å². The number of esters is 1. The molecule has 0 atom stereocenters. The highest BCUT2D eigenvalue weighted by molar-refractivity contribution is 5.93. The third-order valence-electron chi connectivity index (χ3n) is 3.84. The van der Waals surface area contributed by atoms with Gasteiger partial charge in [-0.3, -0.25) is 0 Å². The Hall–Kier alpha value is -3.22. The van der Waals surface area contributed by atoms with Crippen LogP contribution in [0.1, 0.15) is 22.8 Å². The Bertz CT molecular complexity index is 975. The molecule has 0 saturated carbocycles. The predicted octanol–water partition coefficient (Wildman–Crippen LogP) is 2.55. The molecule has 7 heteroatoms. The fourth-order valence-corrected chi connectivity index (χ4v) is 2.65.